The third kappa shape index (κ3) is 4.03. The van der Waals surface area contributed by atoms with Crippen molar-refractivity contribution in [3.05, 3.63) is 36.9 Å². The van der Waals surface area contributed by atoms with E-state index in [1.807, 2.05) is 33.9 Å². The summed E-state index contributed by atoms with van der Waals surface area (Å²) >= 11 is 0. The first-order valence-corrected chi connectivity index (χ1v) is 11.0. The van der Waals surface area contributed by atoms with Crippen LogP contribution in [0.15, 0.2) is 36.9 Å². The molecular weight excluding hydrogens is 452 g/mol. The number of anilines is 3. The van der Waals surface area contributed by atoms with Crippen molar-refractivity contribution < 1.29 is 19.0 Å². The van der Waals surface area contributed by atoms with Crippen molar-refractivity contribution in [1.29, 1.82) is 0 Å². The number of carbonyl (C=O) groups excluding carboxylic acids is 1. The van der Waals surface area contributed by atoms with Crippen LogP contribution in [0.25, 0.3) is 16.7 Å². The minimum Gasteiger partial charge on any atom is -0.493 e. The summed E-state index contributed by atoms with van der Waals surface area (Å²) in [5.41, 5.74) is 7.82. The summed E-state index contributed by atoms with van der Waals surface area (Å²) in [6, 6.07) is 5.10. The highest BCUT2D eigenvalue weighted by molar-refractivity contribution is 5.89. The number of methoxy groups -OCH3 is 3. The monoisotopic (exact) mass is 478 g/mol. The maximum atomic E-state index is 11.9. The summed E-state index contributed by atoms with van der Waals surface area (Å²) in [5, 5.41) is 3.27. The molecule has 1 aromatic carbocycles. The molecule has 35 heavy (non-hydrogen) atoms. The highest BCUT2D eigenvalue weighted by Gasteiger charge is 2.31. The van der Waals surface area contributed by atoms with Crippen molar-refractivity contribution in [3.8, 4) is 22.9 Å². The predicted octanol–water partition coefficient (Wildman–Crippen LogP) is 2.37. The van der Waals surface area contributed by atoms with E-state index in [2.05, 4.69) is 20.3 Å². The Bertz CT molecular complexity index is 1360. The van der Waals surface area contributed by atoms with Crippen LogP contribution >= 0.6 is 0 Å². The third-order valence-electron chi connectivity index (χ3n) is 6.01. The van der Waals surface area contributed by atoms with E-state index in [-0.39, 0.29) is 5.91 Å². The van der Waals surface area contributed by atoms with Crippen molar-refractivity contribution in [2.45, 2.75) is 18.9 Å². The molecule has 3 aromatic heterocycles. The van der Waals surface area contributed by atoms with E-state index < -0.39 is 6.04 Å². The summed E-state index contributed by atoms with van der Waals surface area (Å²) in [7, 11) is 4.70. The van der Waals surface area contributed by atoms with Crippen molar-refractivity contribution in [2.75, 3.05) is 38.1 Å². The van der Waals surface area contributed by atoms with Gasteiger partial charge in [-0.05, 0) is 18.9 Å². The van der Waals surface area contributed by atoms with E-state index in [9.17, 15) is 4.79 Å². The summed E-state index contributed by atoms with van der Waals surface area (Å²) in [6.45, 7) is 0.665. The van der Waals surface area contributed by atoms with Gasteiger partial charge < -0.3 is 39.7 Å². The minimum atomic E-state index is -0.418. The standard InChI is InChI=1S/C23H26N8O4/c1-33-16-9-13(10-17(34-2)20(16)35-3)30-11-18(26-12-30)28-22-19-14(6-7-25-19)27-23(29-22)31-8-4-5-15(31)21(24)32/h6-7,9-12,15,25H,4-5,8H2,1-3H3,(H2,24,32)(H,27,28,29)/t15-/m0/s1. The van der Waals surface area contributed by atoms with E-state index in [4.69, 9.17) is 24.9 Å². The fourth-order valence-electron chi connectivity index (χ4n) is 4.32. The Hall–Kier alpha value is -4.48. The molecule has 1 saturated heterocycles. The second-order valence-corrected chi connectivity index (χ2v) is 8.04. The molecule has 12 heteroatoms. The van der Waals surface area contributed by atoms with Crippen molar-refractivity contribution in [2.24, 2.45) is 5.73 Å². The smallest absolute Gasteiger partial charge is 0.240 e. The van der Waals surface area contributed by atoms with E-state index in [0.717, 1.165) is 23.1 Å². The lowest BCUT2D eigenvalue weighted by Gasteiger charge is -2.22. The lowest BCUT2D eigenvalue weighted by molar-refractivity contribution is -0.119. The van der Waals surface area contributed by atoms with Crippen LogP contribution in [0.3, 0.4) is 0 Å². The van der Waals surface area contributed by atoms with E-state index in [0.29, 0.717) is 47.8 Å². The number of hydrogen-bond donors (Lipinski definition) is 3. The zero-order chi connectivity index (χ0) is 24.5. The van der Waals surface area contributed by atoms with Crippen LogP contribution in [-0.2, 0) is 4.79 Å². The largest absolute Gasteiger partial charge is 0.493 e. The number of nitrogens with two attached hydrogens (primary N) is 1. The molecule has 0 saturated carbocycles. The molecule has 0 spiro atoms. The van der Waals surface area contributed by atoms with E-state index in [1.54, 1.807) is 33.9 Å². The van der Waals surface area contributed by atoms with Crippen LogP contribution in [0.1, 0.15) is 12.8 Å². The number of rotatable bonds is 8. The molecule has 182 valence electrons. The van der Waals surface area contributed by atoms with Crippen LogP contribution in [0.2, 0.25) is 0 Å². The molecular formula is C23H26N8O4. The fourth-order valence-corrected chi connectivity index (χ4v) is 4.32. The second kappa shape index (κ2) is 9.05. The van der Waals surface area contributed by atoms with Gasteiger partial charge in [0.05, 0.1) is 38.7 Å². The molecule has 0 radical (unpaired) electrons. The number of carbonyl (C=O) groups is 1. The average Bonchev–Trinajstić information content (AvgIpc) is 3.63. The third-order valence-corrected chi connectivity index (χ3v) is 6.01. The molecule has 12 nitrogen and oxygen atoms in total. The molecule has 4 heterocycles. The number of nitrogens with zero attached hydrogens (tertiary/aromatic N) is 5. The number of benzene rings is 1. The Balaban J connectivity index is 1.48. The molecule has 1 atom stereocenters. The first-order valence-electron chi connectivity index (χ1n) is 11.0. The second-order valence-electron chi connectivity index (χ2n) is 8.04. The minimum absolute atomic E-state index is 0.376. The van der Waals surface area contributed by atoms with Gasteiger partial charge in [0.15, 0.2) is 17.3 Å². The zero-order valence-electron chi connectivity index (χ0n) is 19.6. The highest BCUT2D eigenvalue weighted by Crippen LogP contribution is 2.39. The number of primary amides is 1. The lowest BCUT2D eigenvalue weighted by atomic mass is 10.2. The molecule has 4 N–H and O–H groups in total. The van der Waals surface area contributed by atoms with E-state index in [1.165, 1.54) is 0 Å². The van der Waals surface area contributed by atoms with Crippen LogP contribution in [0.5, 0.6) is 17.2 Å². The van der Waals surface area contributed by atoms with Gasteiger partial charge in [-0.1, -0.05) is 0 Å². The van der Waals surface area contributed by atoms with Gasteiger partial charge in [-0.3, -0.25) is 4.79 Å². The van der Waals surface area contributed by atoms with Gasteiger partial charge in [-0.2, -0.15) is 4.98 Å². The maximum absolute atomic E-state index is 11.9. The van der Waals surface area contributed by atoms with Crippen LogP contribution in [0, 0.1) is 0 Å². The maximum Gasteiger partial charge on any atom is 0.240 e. The van der Waals surface area contributed by atoms with E-state index >= 15 is 0 Å². The quantitative estimate of drug-likeness (QED) is 0.347. The Morgan fingerprint density at radius 2 is 1.94 bits per heavy atom. The fraction of sp³-hybridized carbons (Fsp3) is 0.304. The van der Waals surface area contributed by atoms with Crippen molar-refractivity contribution in [1.82, 2.24) is 24.5 Å². The van der Waals surface area contributed by atoms with Crippen LogP contribution in [0.4, 0.5) is 17.6 Å². The first kappa shape index (κ1) is 22.3. The summed E-state index contributed by atoms with van der Waals surface area (Å²) in [6.07, 6.45) is 6.81. The summed E-state index contributed by atoms with van der Waals surface area (Å²) in [4.78, 5) is 30.7. The Labute approximate surface area is 201 Å². The molecule has 4 aromatic rings. The van der Waals surface area contributed by atoms with Gasteiger partial charge in [0, 0.05) is 24.9 Å². The number of hydrogen-bond acceptors (Lipinski definition) is 9. The van der Waals surface area contributed by atoms with Crippen LogP contribution < -0.4 is 30.2 Å². The average molecular weight is 479 g/mol. The molecule has 0 aliphatic carbocycles. The van der Waals surface area contributed by atoms with Crippen molar-refractivity contribution >= 4 is 34.5 Å². The molecule has 1 amide bonds. The molecule has 1 aliphatic rings. The number of H-pyrrole nitrogens is 1. The predicted molar refractivity (Wildman–Crippen MR) is 130 cm³/mol. The van der Waals surface area contributed by atoms with Gasteiger partial charge in [0.1, 0.15) is 23.7 Å². The molecule has 1 aliphatic heterocycles. The summed E-state index contributed by atoms with van der Waals surface area (Å²) < 4.78 is 18.1. The first-order chi connectivity index (χ1) is 17.0. The zero-order valence-corrected chi connectivity index (χ0v) is 19.6. The van der Waals surface area contributed by atoms with Gasteiger partial charge in [-0.25, -0.2) is 9.97 Å². The number of aromatic amines is 1. The Morgan fingerprint density at radius 1 is 1.17 bits per heavy atom. The highest BCUT2D eigenvalue weighted by atomic mass is 16.5. The van der Waals surface area contributed by atoms with Crippen LogP contribution in [-0.4, -0.2) is 64.3 Å². The van der Waals surface area contributed by atoms with Crippen molar-refractivity contribution in [3.63, 3.8) is 0 Å². The number of ether oxygens (including phenoxy) is 3. The van der Waals surface area contributed by atoms with Gasteiger partial charge in [0.2, 0.25) is 17.6 Å². The normalized spacial score (nSPS) is 15.4. The molecule has 5 rings (SSSR count). The number of aromatic nitrogens is 5. The topological polar surface area (TPSA) is 145 Å². The summed E-state index contributed by atoms with van der Waals surface area (Å²) in [5.74, 6) is 2.76. The number of nitrogens with one attached hydrogen (secondary N) is 2. The lowest BCUT2D eigenvalue weighted by Crippen LogP contribution is -2.41. The number of amides is 1. The molecule has 0 unspecified atom stereocenters. The Kier molecular flexibility index (Phi) is 5.77. The number of imidazole rings is 1. The number of fused-ring (bicyclic) bond motifs is 1. The SMILES string of the molecule is COc1cc(-n2cnc(Nc3nc(N4CCC[C@H]4C(N)=O)nc4cc[nH]c34)c2)cc(OC)c1OC. The van der Waals surface area contributed by atoms with Gasteiger partial charge >= 0.3 is 0 Å². The molecule has 1 fully saturated rings. The van der Waals surface area contributed by atoms with Gasteiger partial charge in [-0.15, -0.1) is 0 Å². The molecule has 0 bridgehead atoms. The Morgan fingerprint density at radius 3 is 2.63 bits per heavy atom. The van der Waals surface area contributed by atoms with Gasteiger partial charge in [0.25, 0.3) is 0 Å².